The van der Waals surface area contributed by atoms with Crippen LogP contribution in [0.4, 0.5) is 5.69 Å². The number of phenols is 1. The number of anilines is 1. The number of carboxylic acids is 1. The van der Waals surface area contributed by atoms with Crippen molar-refractivity contribution in [1.82, 2.24) is 0 Å². The molecule has 1 saturated heterocycles. The summed E-state index contributed by atoms with van der Waals surface area (Å²) in [5.74, 6) is -2.03. The van der Waals surface area contributed by atoms with E-state index in [1.165, 1.54) is 11.0 Å². The van der Waals surface area contributed by atoms with E-state index in [2.05, 4.69) is 0 Å². The average molecular weight is 297 g/mol. The lowest BCUT2D eigenvalue weighted by Gasteiger charge is -2.18. The molecule has 0 saturated carbocycles. The van der Waals surface area contributed by atoms with Crippen LogP contribution < -0.4 is 4.90 Å². The SMILES string of the molecule is O=C(O)[C@H]1CC(=O)N(c2cc(-c3ccccc3)ccc2O)C1. The van der Waals surface area contributed by atoms with Gasteiger partial charge in [0.1, 0.15) is 5.75 Å². The summed E-state index contributed by atoms with van der Waals surface area (Å²) in [4.78, 5) is 24.4. The zero-order valence-corrected chi connectivity index (χ0v) is 11.8. The standard InChI is InChI=1S/C17H15NO4/c19-15-7-6-12(11-4-2-1-3-5-11)8-14(15)18-10-13(17(21)22)9-16(18)20/h1-8,13,19H,9-10H2,(H,21,22)/t13-/m0/s1. The van der Waals surface area contributed by atoms with Crippen LogP contribution in [0.5, 0.6) is 5.75 Å². The monoisotopic (exact) mass is 297 g/mol. The zero-order valence-electron chi connectivity index (χ0n) is 11.8. The van der Waals surface area contributed by atoms with Crippen molar-refractivity contribution >= 4 is 17.6 Å². The summed E-state index contributed by atoms with van der Waals surface area (Å²) >= 11 is 0. The molecule has 22 heavy (non-hydrogen) atoms. The molecule has 5 heteroatoms. The Labute approximate surface area is 127 Å². The van der Waals surface area contributed by atoms with Gasteiger partial charge in [-0.1, -0.05) is 36.4 Å². The molecule has 3 rings (SSSR count). The fraction of sp³-hybridized carbons (Fsp3) is 0.176. The van der Waals surface area contributed by atoms with E-state index in [1.54, 1.807) is 12.1 Å². The summed E-state index contributed by atoms with van der Waals surface area (Å²) in [5.41, 5.74) is 2.18. The summed E-state index contributed by atoms with van der Waals surface area (Å²) in [5, 5.41) is 19.1. The van der Waals surface area contributed by atoms with Crippen molar-refractivity contribution < 1.29 is 19.8 Å². The number of aliphatic carboxylic acids is 1. The number of amides is 1. The predicted octanol–water partition coefficient (Wildman–Crippen LogP) is 2.50. The molecule has 5 nitrogen and oxygen atoms in total. The number of carboxylic acid groups (broad SMARTS) is 1. The van der Waals surface area contributed by atoms with Gasteiger partial charge in [-0.05, 0) is 23.3 Å². The topological polar surface area (TPSA) is 77.8 Å². The van der Waals surface area contributed by atoms with Gasteiger partial charge in [-0.25, -0.2) is 0 Å². The first-order chi connectivity index (χ1) is 10.6. The van der Waals surface area contributed by atoms with Gasteiger partial charge in [-0.15, -0.1) is 0 Å². The Bertz CT molecular complexity index is 727. The van der Waals surface area contributed by atoms with Crippen LogP contribution in [0.1, 0.15) is 6.42 Å². The van der Waals surface area contributed by atoms with Crippen LogP contribution in [0, 0.1) is 5.92 Å². The van der Waals surface area contributed by atoms with Gasteiger partial charge < -0.3 is 15.1 Å². The first-order valence-corrected chi connectivity index (χ1v) is 6.98. The quantitative estimate of drug-likeness (QED) is 0.912. The highest BCUT2D eigenvalue weighted by molar-refractivity contribution is 6.00. The Hall–Kier alpha value is -2.82. The molecule has 1 aliphatic rings. The number of benzene rings is 2. The maximum atomic E-state index is 12.0. The first kappa shape index (κ1) is 14.1. The number of carbonyl (C=O) groups excluding carboxylic acids is 1. The minimum atomic E-state index is -0.991. The summed E-state index contributed by atoms with van der Waals surface area (Å²) in [6, 6.07) is 14.6. The molecular weight excluding hydrogens is 282 g/mol. The lowest BCUT2D eigenvalue weighted by molar-refractivity contribution is -0.141. The van der Waals surface area contributed by atoms with Crippen molar-refractivity contribution in [3.8, 4) is 16.9 Å². The summed E-state index contributed by atoms with van der Waals surface area (Å²) < 4.78 is 0. The molecule has 0 unspecified atom stereocenters. The maximum absolute atomic E-state index is 12.0. The van der Waals surface area contributed by atoms with E-state index in [9.17, 15) is 14.7 Å². The third kappa shape index (κ3) is 2.53. The Morgan fingerprint density at radius 1 is 1.09 bits per heavy atom. The molecule has 2 aromatic rings. The van der Waals surface area contributed by atoms with Crippen LogP contribution in [-0.4, -0.2) is 28.6 Å². The van der Waals surface area contributed by atoms with Crippen LogP contribution in [0.2, 0.25) is 0 Å². The van der Waals surface area contributed by atoms with Gasteiger partial charge in [-0.3, -0.25) is 9.59 Å². The average Bonchev–Trinajstić information content (AvgIpc) is 2.91. The molecule has 1 heterocycles. The number of hydrogen-bond donors (Lipinski definition) is 2. The molecule has 0 aromatic heterocycles. The van der Waals surface area contributed by atoms with Gasteiger partial charge in [0.15, 0.2) is 0 Å². The van der Waals surface area contributed by atoms with Crippen LogP contribution in [0.15, 0.2) is 48.5 Å². The van der Waals surface area contributed by atoms with E-state index in [-0.39, 0.29) is 24.6 Å². The number of rotatable bonds is 3. The van der Waals surface area contributed by atoms with Crippen molar-refractivity contribution in [2.24, 2.45) is 5.92 Å². The third-order valence-corrected chi connectivity index (χ3v) is 3.85. The summed E-state index contributed by atoms with van der Waals surface area (Å²) in [7, 11) is 0. The second-order valence-corrected chi connectivity index (χ2v) is 5.31. The molecule has 1 atom stereocenters. The second-order valence-electron chi connectivity index (χ2n) is 5.31. The Kier molecular flexibility index (Phi) is 3.55. The van der Waals surface area contributed by atoms with Crippen molar-refractivity contribution in [2.45, 2.75) is 6.42 Å². The number of phenolic OH excluding ortho intramolecular Hbond substituents is 1. The molecule has 1 fully saturated rings. The number of carbonyl (C=O) groups is 2. The second kappa shape index (κ2) is 5.52. The summed E-state index contributed by atoms with van der Waals surface area (Å²) in [6.45, 7) is 0.0833. The minimum Gasteiger partial charge on any atom is -0.506 e. The van der Waals surface area contributed by atoms with Crippen LogP contribution in [0.25, 0.3) is 11.1 Å². The summed E-state index contributed by atoms with van der Waals surface area (Å²) in [6.07, 6.45) is -0.0374. The van der Waals surface area contributed by atoms with Crippen molar-refractivity contribution in [3.63, 3.8) is 0 Å². The molecule has 1 aliphatic heterocycles. The molecule has 112 valence electrons. The van der Waals surface area contributed by atoms with Crippen LogP contribution in [-0.2, 0) is 9.59 Å². The molecule has 1 amide bonds. The molecule has 0 aliphatic carbocycles. The predicted molar refractivity (Wildman–Crippen MR) is 81.6 cm³/mol. The zero-order chi connectivity index (χ0) is 15.7. The van der Waals surface area contributed by atoms with E-state index < -0.39 is 11.9 Å². The van der Waals surface area contributed by atoms with Gasteiger partial charge in [0.05, 0.1) is 11.6 Å². The Balaban J connectivity index is 1.97. The lowest BCUT2D eigenvalue weighted by Crippen LogP contribution is -2.25. The van der Waals surface area contributed by atoms with E-state index >= 15 is 0 Å². The molecule has 2 N–H and O–H groups in total. The Morgan fingerprint density at radius 3 is 2.45 bits per heavy atom. The van der Waals surface area contributed by atoms with E-state index in [4.69, 9.17) is 5.11 Å². The fourth-order valence-electron chi connectivity index (χ4n) is 2.66. The largest absolute Gasteiger partial charge is 0.506 e. The molecule has 0 radical (unpaired) electrons. The maximum Gasteiger partial charge on any atom is 0.308 e. The van der Waals surface area contributed by atoms with Crippen molar-refractivity contribution in [2.75, 3.05) is 11.4 Å². The van der Waals surface area contributed by atoms with Gasteiger partial charge in [0.25, 0.3) is 0 Å². The number of nitrogens with zero attached hydrogens (tertiary/aromatic N) is 1. The van der Waals surface area contributed by atoms with Crippen LogP contribution in [0.3, 0.4) is 0 Å². The van der Waals surface area contributed by atoms with E-state index in [1.807, 2.05) is 30.3 Å². The highest BCUT2D eigenvalue weighted by Gasteiger charge is 2.36. The van der Waals surface area contributed by atoms with E-state index in [0.717, 1.165) is 11.1 Å². The number of hydrogen-bond acceptors (Lipinski definition) is 3. The molecule has 2 aromatic carbocycles. The molecular formula is C17H15NO4. The van der Waals surface area contributed by atoms with Gasteiger partial charge in [-0.2, -0.15) is 0 Å². The minimum absolute atomic E-state index is 0.0286. The fourth-order valence-corrected chi connectivity index (χ4v) is 2.66. The van der Waals surface area contributed by atoms with Gasteiger partial charge in [0.2, 0.25) is 5.91 Å². The van der Waals surface area contributed by atoms with Crippen molar-refractivity contribution in [3.05, 3.63) is 48.5 Å². The van der Waals surface area contributed by atoms with E-state index in [0.29, 0.717) is 5.69 Å². The lowest BCUT2D eigenvalue weighted by atomic mass is 10.0. The van der Waals surface area contributed by atoms with Gasteiger partial charge in [0, 0.05) is 13.0 Å². The highest BCUT2D eigenvalue weighted by Crippen LogP contribution is 2.35. The first-order valence-electron chi connectivity index (χ1n) is 6.98. The van der Waals surface area contributed by atoms with Gasteiger partial charge >= 0.3 is 5.97 Å². The highest BCUT2D eigenvalue weighted by atomic mass is 16.4. The molecule has 0 spiro atoms. The Morgan fingerprint density at radius 2 is 1.82 bits per heavy atom. The van der Waals surface area contributed by atoms with Crippen molar-refractivity contribution in [1.29, 1.82) is 0 Å². The van der Waals surface area contributed by atoms with Crippen LogP contribution >= 0.6 is 0 Å². The molecule has 0 bridgehead atoms. The number of aromatic hydroxyl groups is 1. The third-order valence-electron chi connectivity index (χ3n) is 3.85. The smallest absolute Gasteiger partial charge is 0.308 e. The normalized spacial score (nSPS) is 17.7.